The van der Waals surface area contributed by atoms with Gasteiger partial charge in [-0.1, -0.05) is 0 Å². The highest BCUT2D eigenvalue weighted by Crippen LogP contribution is 2.24. The van der Waals surface area contributed by atoms with E-state index in [4.69, 9.17) is 0 Å². The molecule has 1 fully saturated rings. The van der Waals surface area contributed by atoms with Gasteiger partial charge in [0, 0.05) is 25.7 Å². The van der Waals surface area contributed by atoms with Gasteiger partial charge in [0.25, 0.3) is 0 Å². The zero-order valence-corrected chi connectivity index (χ0v) is 20.7. The second-order valence-electron chi connectivity index (χ2n) is 7.55. The second-order valence-corrected chi connectivity index (χ2v) is 11.3. The van der Waals surface area contributed by atoms with Gasteiger partial charge < -0.3 is 15.5 Å². The minimum Gasteiger partial charge on any atom is -0.363 e. The normalized spacial score (nSPS) is 16.7. The molecular formula is C18H33IN4O2S2. The summed E-state index contributed by atoms with van der Waals surface area (Å²) in [5, 5.41) is 10.1. The van der Waals surface area contributed by atoms with Crippen LogP contribution in [-0.4, -0.2) is 57.1 Å². The van der Waals surface area contributed by atoms with Gasteiger partial charge in [0.05, 0.1) is 22.0 Å². The standard InChI is InChI=1S/C18H32N4O2S2.HI/c1-5-19-17(20-10-14-26(23,24)18(2,3)4)21-15-8-11-22(12-9-15)16-7-6-13-25-16;/h6-7,13,15H,5,8-12,14H2,1-4H3,(H2,19,20,21);1H. The van der Waals surface area contributed by atoms with Gasteiger partial charge in [0.1, 0.15) is 0 Å². The van der Waals surface area contributed by atoms with Crippen LogP contribution in [0.2, 0.25) is 0 Å². The summed E-state index contributed by atoms with van der Waals surface area (Å²) < 4.78 is 23.7. The summed E-state index contributed by atoms with van der Waals surface area (Å²) in [5.41, 5.74) is 0. The van der Waals surface area contributed by atoms with Gasteiger partial charge in [-0.05, 0) is 58.0 Å². The van der Waals surface area contributed by atoms with E-state index in [1.165, 1.54) is 5.00 Å². The number of piperidine rings is 1. The van der Waals surface area contributed by atoms with E-state index >= 15 is 0 Å². The molecular weight excluding hydrogens is 495 g/mol. The fraction of sp³-hybridized carbons (Fsp3) is 0.722. The molecule has 0 unspecified atom stereocenters. The minimum atomic E-state index is -3.14. The van der Waals surface area contributed by atoms with Crippen LogP contribution >= 0.6 is 35.3 Å². The smallest absolute Gasteiger partial charge is 0.191 e. The largest absolute Gasteiger partial charge is 0.363 e. The summed E-state index contributed by atoms with van der Waals surface area (Å²) >= 11 is 1.78. The lowest BCUT2D eigenvalue weighted by Gasteiger charge is -2.33. The number of rotatable bonds is 6. The van der Waals surface area contributed by atoms with Gasteiger partial charge in [-0.3, -0.25) is 4.99 Å². The number of thiophene rings is 1. The van der Waals surface area contributed by atoms with Crippen molar-refractivity contribution in [1.82, 2.24) is 10.6 Å². The number of hydrogen-bond acceptors (Lipinski definition) is 5. The van der Waals surface area contributed by atoms with Crippen LogP contribution in [0.25, 0.3) is 0 Å². The Kier molecular flexibility index (Phi) is 9.84. The molecule has 2 N–H and O–H groups in total. The maximum atomic E-state index is 12.2. The molecule has 0 amide bonds. The number of guanidine groups is 1. The topological polar surface area (TPSA) is 73.8 Å². The Morgan fingerprint density at radius 1 is 1.33 bits per heavy atom. The van der Waals surface area contributed by atoms with Crippen molar-refractivity contribution in [3.8, 4) is 0 Å². The van der Waals surface area contributed by atoms with Crippen LogP contribution in [0.15, 0.2) is 22.5 Å². The molecule has 0 saturated carbocycles. The number of aliphatic imine (C=N–C) groups is 1. The number of nitrogens with zero attached hydrogens (tertiary/aromatic N) is 2. The quantitative estimate of drug-likeness (QED) is 0.337. The molecule has 2 heterocycles. The van der Waals surface area contributed by atoms with Crippen LogP contribution in [0.4, 0.5) is 5.00 Å². The van der Waals surface area contributed by atoms with E-state index in [-0.39, 0.29) is 36.3 Å². The van der Waals surface area contributed by atoms with Crippen LogP contribution in [0.5, 0.6) is 0 Å². The fourth-order valence-electron chi connectivity index (χ4n) is 2.79. The first-order valence-corrected chi connectivity index (χ1v) is 11.8. The van der Waals surface area contributed by atoms with E-state index in [0.29, 0.717) is 12.0 Å². The van der Waals surface area contributed by atoms with E-state index in [2.05, 4.69) is 38.0 Å². The molecule has 0 aliphatic carbocycles. The summed E-state index contributed by atoms with van der Waals surface area (Å²) in [4.78, 5) is 6.90. The Balaban J connectivity index is 0.00000364. The first-order valence-electron chi connectivity index (χ1n) is 9.28. The summed E-state index contributed by atoms with van der Waals surface area (Å²) in [6.07, 6.45) is 2.09. The predicted octanol–water partition coefficient (Wildman–Crippen LogP) is 3.10. The van der Waals surface area contributed by atoms with Crippen LogP contribution in [0.3, 0.4) is 0 Å². The molecule has 0 atom stereocenters. The lowest BCUT2D eigenvalue weighted by atomic mass is 10.1. The van der Waals surface area contributed by atoms with Crippen LogP contribution in [0.1, 0.15) is 40.5 Å². The highest BCUT2D eigenvalue weighted by Gasteiger charge is 2.28. The lowest BCUT2D eigenvalue weighted by molar-refractivity contribution is 0.463. The Morgan fingerprint density at radius 2 is 2.00 bits per heavy atom. The zero-order chi connectivity index (χ0) is 19.2. The van der Waals surface area contributed by atoms with Crippen molar-refractivity contribution in [3.63, 3.8) is 0 Å². The molecule has 1 aromatic rings. The SMILES string of the molecule is CCNC(=NCCS(=O)(=O)C(C)(C)C)NC1CCN(c2cccs2)CC1.I. The van der Waals surface area contributed by atoms with E-state index in [9.17, 15) is 8.42 Å². The molecule has 1 aromatic heterocycles. The van der Waals surface area contributed by atoms with Gasteiger partial charge >= 0.3 is 0 Å². The second kappa shape index (κ2) is 10.8. The van der Waals surface area contributed by atoms with Crippen molar-refractivity contribution in [3.05, 3.63) is 17.5 Å². The molecule has 6 nitrogen and oxygen atoms in total. The lowest BCUT2D eigenvalue weighted by Crippen LogP contribution is -2.48. The zero-order valence-electron chi connectivity index (χ0n) is 16.7. The Bertz CT molecular complexity index is 677. The van der Waals surface area contributed by atoms with E-state index < -0.39 is 14.6 Å². The predicted molar refractivity (Wildman–Crippen MR) is 128 cm³/mol. The maximum Gasteiger partial charge on any atom is 0.191 e. The van der Waals surface area contributed by atoms with Gasteiger partial charge in [-0.2, -0.15) is 0 Å². The Morgan fingerprint density at radius 3 is 2.52 bits per heavy atom. The average molecular weight is 529 g/mol. The Labute approximate surface area is 185 Å². The molecule has 2 rings (SSSR count). The van der Waals surface area contributed by atoms with Crippen molar-refractivity contribution in [1.29, 1.82) is 0 Å². The van der Waals surface area contributed by atoms with Gasteiger partial charge in [-0.25, -0.2) is 8.42 Å². The molecule has 156 valence electrons. The molecule has 1 aliphatic rings. The molecule has 0 aromatic carbocycles. The molecule has 1 saturated heterocycles. The number of sulfone groups is 1. The monoisotopic (exact) mass is 528 g/mol. The van der Waals surface area contributed by atoms with Gasteiger partial charge in [0.2, 0.25) is 0 Å². The van der Waals surface area contributed by atoms with Crippen molar-refractivity contribution in [2.24, 2.45) is 4.99 Å². The summed E-state index contributed by atoms with van der Waals surface area (Å²) in [5.74, 6) is 0.787. The number of anilines is 1. The van der Waals surface area contributed by atoms with Gasteiger partial charge in [0.15, 0.2) is 15.8 Å². The average Bonchev–Trinajstić information content (AvgIpc) is 3.09. The highest BCUT2D eigenvalue weighted by molar-refractivity contribution is 14.0. The molecule has 1 aliphatic heterocycles. The summed E-state index contributed by atoms with van der Waals surface area (Å²) in [6, 6.07) is 4.62. The maximum absolute atomic E-state index is 12.2. The van der Waals surface area contributed by atoms with Gasteiger partial charge in [-0.15, -0.1) is 35.3 Å². The van der Waals surface area contributed by atoms with E-state index in [1.807, 2.05) is 6.92 Å². The third-order valence-corrected chi connectivity index (χ3v) is 8.08. The number of hydrogen-bond donors (Lipinski definition) is 2. The minimum absolute atomic E-state index is 0. The molecule has 27 heavy (non-hydrogen) atoms. The molecule has 9 heteroatoms. The van der Waals surface area contributed by atoms with E-state index in [0.717, 1.165) is 32.5 Å². The van der Waals surface area contributed by atoms with Crippen LogP contribution in [0, 0.1) is 0 Å². The first-order chi connectivity index (χ1) is 12.2. The van der Waals surface area contributed by atoms with Crippen molar-refractivity contribution in [2.75, 3.05) is 36.8 Å². The van der Waals surface area contributed by atoms with Crippen molar-refractivity contribution >= 4 is 56.1 Å². The number of nitrogens with one attached hydrogen (secondary N) is 2. The van der Waals surface area contributed by atoms with Crippen molar-refractivity contribution < 1.29 is 8.42 Å². The molecule has 0 bridgehead atoms. The Hall–Kier alpha value is -0.550. The molecule has 0 radical (unpaired) electrons. The third kappa shape index (κ3) is 7.41. The highest BCUT2D eigenvalue weighted by atomic mass is 127. The third-order valence-electron chi connectivity index (χ3n) is 4.56. The summed E-state index contributed by atoms with van der Waals surface area (Å²) in [7, 11) is -3.14. The van der Waals surface area contributed by atoms with Crippen molar-refractivity contribution in [2.45, 2.75) is 51.3 Å². The van der Waals surface area contributed by atoms with Crippen LogP contribution in [-0.2, 0) is 9.84 Å². The number of halogens is 1. The summed E-state index contributed by atoms with van der Waals surface area (Å²) in [6.45, 7) is 10.3. The van der Waals surface area contributed by atoms with Crippen LogP contribution < -0.4 is 15.5 Å². The first kappa shape index (κ1) is 24.5. The fourth-order valence-corrected chi connectivity index (χ4v) is 4.52. The van der Waals surface area contributed by atoms with E-state index in [1.54, 1.807) is 32.1 Å². The molecule has 0 spiro atoms.